The third kappa shape index (κ3) is 5.27. The van der Waals surface area contributed by atoms with Crippen LogP contribution in [0.5, 0.6) is 0 Å². The van der Waals surface area contributed by atoms with Crippen molar-refractivity contribution in [1.82, 2.24) is 0 Å². The molecule has 4 rings (SSSR count). The molecule has 168 valence electrons. The van der Waals surface area contributed by atoms with E-state index in [9.17, 15) is 18.0 Å². The third-order valence-electron chi connectivity index (χ3n) is 4.59. The number of ketones is 1. The number of Topliss-reactive ketones (excluding diaryl/α,β-unsaturated/α-hetero) is 1. The van der Waals surface area contributed by atoms with Crippen LogP contribution >= 0.6 is 27.5 Å². The Morgan fingerprint density at radius 3 is 2.45 bits per heavy atom. The summed E-state index contributed by atoms with van der Waals surface area (Å²) < 4.78 is 39.3. The van der Waals surface area contributed by atoms with E-state index < -0.39 is 28.4 Å². The van der Waals surface area contributed by atoms with E-state index in [4.69, 9.17) is 20.8 Å². The van der Waals surface area contributed by atoms with Crippen LogP contribution in [-0.2, 0) is 14.8 Å². The number of esters is 1. The van der Waals surface area contributed by atoms with Crippen LogP contribution in [0.3, 0.4) is 0 Å². The molecule has 4 aromatic rings. The van der Waals surface area contributed by atoms with Crippen LogP contribution in [0, 0.1) is 0 Å². The first kappa shape index (κ1) is 23.0. The molecule has 0 radical (unpaired) electrons. The van der Waals surface area contributed by atoms with E-state index in [1.807, 2.05) is 6.07 Å². The fraction of sp³-hybridized carbons (Fsp3) is 0.0435. The Balaban J connectivity index is 1.48. The molecule has 0 fully saturated rings. The molecule has 0 aliphatic rings. The number of carbonyl (C=O) groups is 2. The number of sulfonamides is 1. The molecular formula is C23H15BrClNO6S. The molecular weight excluding hydrogens is 534 g/mol. The van der Waals surface area contributed by atoms with Gasteiger partial charge in [-0.25, -0.2) is 13.2 Å². The van der Waals surface area contributed by atoms with E-state index in [2.05, 4.69) is 20.7 Å². The summed E-state index contributed by atoms with van der Waals surface area (Å²) in [6.45, 7) is -0.569. The first-order valence-corrected chi connectivity index (χ1v) is 12.2. The third-order valence-corrected chi connectivity index (χ3v) is 6.98. The first-order chi connectivity index (χ1) is 15.7. The molecule has 7 nitrogen and oxygen atoms in total. The van der Waals surface area contributed by atoms with Crippen LogP contribution in [0.15, 0.2) is 86.6 Å². The minimum atomic E-state index is -4.09. The van der Waals surface area contributed by atoms with Gasteiger partial charge in [0.05, 0.1) is 10.6 Å². The number of hydrogen-bond donors (Lipinski definition) is 1. The number of para-hydroxylation sites is 1. The zero-order chi connectivity index (χ0) is 23.6. The predicted octanol–water partition coefficient (Wildman–Crippen LogP) is 5.69. The van der Waals surface area contributed by atoms with Crippen LogP contribution in [-0.4, -0.2) is 26.8 Å². The van der Waals surface area contributed by atoms with E-state index in [0.29, 0.717) is 11.3 Å². The summed E-state index contributed by atoms with van der Waals surface area (Å²) in [6, 6.07) is 18.8. The number of fused-ring (bicyclic) bond motifs is 1. The lowest BCUT2D eigenvalue weighted by Gasteiger charge is -2.11. The summed E-state index contributed by atoms with van der Waals surface area (Å²) in [4.78, 5) is 24.5. The van der Waals surface area contributed by atoms with Gasteiger partial charge in [-0.2, -0.15) is 0 Å². The van der Waals surface area contributed by atoms with E-state index >= 15 is 0 Å². The quantitative estimate of drug-likeness (QED) is 0.235. The number of anilines is 1. The van der Waals surface area contributed by atoms with Crippen molar-refractivity contribution in [2.45, 2.75) is 4.90 Å². The summed E-state index contributed by atoms with van der Waals surface area (Å²) in [5.74, 6) is -1.35. The second kappa shape index (κ2) is 9.38. The van der Waals surface area contributed by atoms with Gasteiger partial charge in [-0.05, 0) is 54.6 Å². The number of halogens is 2. The fourth-order valence-corrected chi connectivity index (χ4v) is 4.82. The number of benzene rings is 3. The summed E-state index contributed by atoms with van der Waals surface area (Å²) in [6.07, 6.45) is 0. The molecule has 0 spiro atoms. The predicted molar refractivity (Wildman–Crippen MR) is 127 cm³/mol. The van der Waals surface area contributed by atoms with E-state index in [0.717, 1.165) is 15.9 Å². The van der Waals surface area contributed by atoms with Gasteiger partial charge in [-0.15, -0.1) is 0 Å². The lowest BCUT2D eigenvalue weighted by atomic mass is 10.2. The van der Waals surface area contributed by atoms with Crippen molar-refractivity contribution in [1.29, 1.82) is 0 Å². The maximum absolute atomic E-state index is 12.8. The standard InChI is InChI=1S/C23H15BrClNO6S/c24-16-6-8-17(9-7-16)26-33(29,30)22-12-15(5-10-18(22)25)23(28)31-13-19(27)21-11-14-3-1-2-4-20(14)32-21/h1-12,26H,13H2. The van der Waals surface area contributed by atoms with Gasteiger partial charge in [0.2, 0.25) is 5.78 Å². The van der Waals surface area contributed by atoms with E-state index in [1.165, 1.54) is 12.1 Å². The number of carbonyl (C=O) groups excluding carboxylic acids is 2. The molecule has 1 aromatic heterocycles. The Morgan fingerprint density at radius 2 is 1.73 bits per heavy atom. The molecule has 1 N–H and O–H groups in total. The maximum atomic E-state index is 12.8. The molecule has 0 bridgehead atoms. The second-order valence-electron chi connectivity index (χ2n) is 6.91. The minimum absolute atomic E-state index is 0.0575. The van der Waals surface area contributed by atoms with E-state index in [-0.39, 0.29) is 21.2 Å². The molecule has 0 aliphatic carbocycles. The average molecular weight is 549 g/mol. The van der Waals surface area contributed by atoms with Gasteiger partial charge in [0.1, 0.15) is 10.5 Å². The molecule has 1 heterocycles. The number of rotatable bonds is 7. The lowest BCUT2D eigenvalue weighted by molar-refractivity contribution is 0.0468. The van der Waals surface area contributed by atoms with Crippen LogP contribution in [0.2, 0.25) is 5.02 Å². The Morgan fingerprint density at radius 1 is 1.00 bits per heavy atom. The number of nitrogens with one attached hydrogen (secondary N) is 1. The smallest absolute Gasteiger partial charge is 0.338 e. The number of furan rings is 1. The SMILES string of the molecule is O=C(OCC(=O)c1cc2ccccc2o1)c1ccc(Cl)c(S(=O)(=O)Nc2ccc(Br)cc2)c1. The van der Waals surface area contributed by atoms with Crippen LogP contribution in [0.1, 0.15) is 20.9 Å². The topological polar surface area (TPSA) is 103 Å². The molecule has 0 saturated carbocycles. The lowest BCUT2D eigenvalue weighted by Crippen LogP contribution is -2.16. The Kier molecular flexibility index (Phi) is 6.55. The fourth-order valence-electron chi connectivity index (χ4n) is 2.97. The summed E-state index contributed by atoms with van der Waals surface area (Å²) in [7, 11) is -4.09. The second-order valence-corrected chi connectivity index (χ2v) is 9.88. The van der Waals surface area contributed by atoms with E-state index in [1.54, 1.807) is 48.5 Å². The highest BCUT2D eigenvalue weighted by Crippen LogP contribution is 2.26. The van der Waals surface area contributed by atoms with Gasteiger partial charge < -0.3 is 9.15 Å². The van der Waals surface area contributed by atoms with Crippen molar-refractivity contribution in [3.8, 4) is 0 Å². The molecule has 10 heteroatoms. The average Bonchev–Trinajstić information content (AvgIpc) is 3.23. The highest BCUT2D eigenvalue weighted by molar-refractivity contribution is 9.10. The number of hydrogen-bond acceptors (Lipinski definition) is 6. The van der Waals surface area contributed by atoms with Gasteiger partial charge in [-0.3, -0.25) is 9.52 Å². The van der Waals surface area contributed by atoms with Crippen molar-refractivity contribution >= 4 is 66.0 Å². The highest BCUT2D eigenvalue weighted by Gasteiger charge is 2.22. The van der Waals surface area contributed by atoms with Crippen molar-refractivity contribution < 1.29 is 27.2 Å². The van der Waals surface area contributed by atoms with Crippen molar-refractivity contribution in [2.75, 3.05) is 11.3 Å². The van der Waals surface area contributed by atoms with Gasteiger partial charge in [0, 0.05) is 15.5 Å². The van der Waals surface area contributed by atoms with Gasteiger partial charge >= 0.3 is 5.97 Å². The largest absolute Gasteiger partial charge is 0.454 e. The molecule has 0 atom stereocenters. The van der Waals surface area contributed by atoms with Crippen molar-refractivity contribution in [2.24, 2.45) is 0 Å². The van der Waals surface area contributed by atoms with Crippen molar-refractivity contribution in [3.05, 3.63) is 93.6 Å². The molecule has 0 unspecified atom stereocenters. The van der Waals surface area contributed by atoms with Gasteiger partial charge in [0.15, 0.2) is 12.4 Å². The first-order valence-electron chi connectivity index (χ1n) is 9.50. The Bertz CT molecular complexity index is 1430. The monoisotopic (exact) mass is 547 g/mol. The van der Waals surface area contributed by atoms with Gasteiger partial charge in [0.25, 0.3) is 10.0 Å². The molecule has 3 aromatic carbocycles. The van der Waals surface area contributed by atoms with Crippen LogP contribution < -0.4 is 4.72 Å². The highest BCUT2D eigenvalue weighted by atomic mass is 79.9. The van der Waals surface area contributed by atoms with Crippen LogP contribution in [0.4, 0.5) is 5.69 Å². The molecule has 0 amide bonds. The summed E-state index contributed by atoms with van der Waals surface area (Å²) in [5, 5.41) is 0.674. The maximum Gasteiger partial charge on any atom is 0.338 e. The Labute approximate surface area is 202 Å². The normalized spacial score (nSPS) is 11.3. The minimum Gasteiger partial charge on any atom is -0.454 e. The summed E-state index contributed by atoms with van der Waals surface area (Å²) >= 11 is 9.35. The molecule has 33 heavy (non-hydrogen) atoms. The zero-order valence-corrected chi connectivity index (χ0v) is 19.9. The molecule has 0 aliphatic heterocycles. The zero-order valence-electron chi connectivity index (χ0n) is 16.7. The molecule has 0 saturated heterocycles. The van der Waals surface area contributed by atoms with Crippen LogP contribution in [0.25, 0.3) is 11.0 Å². The van der Waals surface area contributed by atoms with Crippen molar-refractivity contribution in [3.63, 3.8) is 0 Å². The van der Waals surface area contributed by atoms with Gasteiger partial charge in [-0.1, -0.05) is 45.7 Å². The number of ether oxygens (including phenoxy) is 1. The summed E-state index contributed by atoms with van der Waals surface area (Å²) in [5.41, 5.74) is 0.782. The Hall–Kier alpha value is -3.14.